The summed E-state index contributed by atoms with van der Waals surface area (Å²) in [6.45, 7) is 5.26. The second-order valence-corrected chi connectivity index (χ2v) is 5.17. The molecule has 4 heteroatoms. The Hall–Kier alpha value is -1.39. The highest BCUT2D eigenvalue weighted by molar-refractivity contribution is 5.94. The molecule has 0 aliphatic rings. The topological polar surface area (TPSA) is 64.3 Å². The molecule has 1 aromatic carbocycles. The number of amides is 1. The normalized spacial score (nSPS) is 12.5. The molecule has 0 aromatic heterocycles. The number of methoxy groups -OCH3 is 1. The summed E-state index contributed by atoms with van der Waals surface area (Å²) in [6, 6.07) is 7.46. The highest BCUT2D eigenvalue weighted by Gasteiger charge is 2.13. The molecule has 0 fully saturated rings. The molecule has 0 spiro atoms. The number of carbonyl (C=O) groups excluding carboxylic acids is 1. The van der Waals surface area contributed by atoms with Crippen LogP contribution in [0.3, 0.4) is 0 Å². The standard InChI is InChI=1S/C15H24N2O2/c1-11(2)8-14(9-16)17-15(18)13-6-4-12(5-7-13)10-19-3/h4-7,11,14H,8-10,16H2,1-3H3,(H,17,18). The third kappa shape index (κ3) is 5.41. The summed E-state index contributed by atoms with van der Waals surface area (Å²) in [4.78, 5) is 12.1. The fraction of sp³-hybridized carbons (Fsp3) is 0.533. The Kier molecular flexibility index (Phi) is 6.53. The summed E-state index contributed by atoms with van der Waals surface area (Å²) in [5, 5.41) is 2.97. The van der Waals surface area contributed by atoms with E-state index in [1.807, 2.05) is 24.3 Å². The fourth-order valence-electron chi connectivity index (χ4n) is 1.97. The predicted octanol–water partition coefficient (Wildman–Crippen LogP) is 1.94. The summed E-state index contributed by atoms with van der Waals surface area (Å²) in [5.74, 6) is 0.443. The Bertz CT molecular complexity index is 388. The van der Waals surface area contributed by atoms with Gasteiger partial charge < -0.3 is 15.8 Å². The minimum atomic E-state index is -0.0694. The first kappa shape index (κ1) is 15.7. The van der Waals surface area contributed by atoms with Crippen molar-refractivity contribution < 1.29 is 9.53 Å². The second-order valence-electron chi connectivity index (χ2n) is 5.17. The van der Waals surface area contributed by atoms with Gasteiger partial charge in [-0.05, 0) is 30.0 Å². The lowest BCUT2D eigenvalue weighted by atomic mass is 10.0. The zero-order valence-electron chi connectivity index (χ0n) is 12.0. The molecular formula is C15H24N2O2. The molecule has 0 saturated carbocycles. The molecule has 1 amide bonds. The molecule has 3 N–H and O–H groups in total. The van der Waals surface area contributed by atoms with Crippen LogP contribution in [0.15, 0.2) is 24.3 Å². The maximum Gasteiger partial charge on any atom is 0.251 e. The van der Waals surface area contributed by atoms with Crippen LogP contribution in [0.25, 0.3) is 0 Å². The van der Waals surface area contributed by atoms with Gasteiger partial charge in [-0.3, -0.25) is 4.79 Å². The molecule has 0 radical (unpaired) electrons. The Morgan fingerprint density at radius 1 is 1.32 bits per heavy atom. The first-order chi connectivity index (χ1) is 9.06. The van der Waals surface area contributed by atoms with E-state index in [2.05, 4.69) is 19.2 Å². The van der Waals surface area contributed by atoms with E-state index in [0.717, 1.165) is 12.0 Å². The molecule has 0 aliphatic heterocycles. The molecule has 0 saturated heterocycles. The first-order valence-corrected chi connectivity index (χ1v) is 6.65. The van der Waals surface area contributed by atoms with Gasteiger partial charge >= 0.3 is 0 Å². The molecule has 4 nitrogen and oxygen atoms in total. The van der Waals surface area contributed by atoms with Crippen molar-refractivity contribution >= 4 is 5.91 Å². The van der Waals surface area contributed by atoms with Crippen LogP contribution in [0.4, 0.5) is 0 Å². The third-order valence-corrected chi connectivity index (χ3v) is 2.90. The van der Waals surface area contributed by atoms with Crippen LogP contribution in [0.5, 0.6) is 0 Å². The summed E-state index contributed by atoms with van der Waals surface area (Å²) >= 11 is 0. The van der Waals surface area contributed by atoms with Crippen LogP contribution >= 0.6 is 0 Å². The molecule has 1 aromatic rings. The number of hydrogen-bond acceptors (Lipinski definition) is 3. The quantitative estimate of drug-likeness (QED) is 0.791. The van der Waals surface area contributed by atoms with E-state index in [4.69, 9.17) is 10.5 Å². The maximum atomic E-state index is 12.1. The molecule has 0 bridgehead atoms. The lowest BCUT2D eigenvalue weighted by Crippen LogP contribution is -2.41. The number of nitrogens with two attached hydrogens (primary N) is 1. The van der Waals surface area contributed by atoms with E-state index in [9.17, 15) is 4.79 Å². The van der Waals surface area contributed by atoms with Crippen molar-refractivity contribution in [2.45, 2.75) is 32.9 Å². The largest absolute Gasteiger partial charge is 0.380 e. The first-order valence-electron chi connectivity index (χ1n) is 6.65. The Labute approximate surface area is 115 Å². The van der Waals surface area contributed by atoms with Gasteiger partial charge in [0.2, 0.25) is 0 Å². The second kappa shape index (κ2) is 7.92. The highest BCUT2D eigenvalue weighted by Crippen LogP contribution is 2.08. The van der Waals surface area contributed by atoms with Gasteiger partial charge in [0.25, 0.3) is 5.91 Å². The zero-order valence-corrected chi connectivity index (χ0v) is 12.0. The lowest BCUT2D eigenvalue weighted by molar-refractivity contribution is 0.0933. The van der Waals surface area contributed by atoms with Crippen LogP contribution in [-0.2, 0) is 11.3 Å². The predicted molar refractivity (Wildman–Crippen MR) is 76.9 cm³/mol. The van der Waals surface area contributed by atoms with E-state index in [1.165, 1.54) is 0 Å². The number of carbonyl (C=O) groups is 1. The van der Waals surface area contributed by atoms with Gasteiger partial charge in [-0.15, -0.1) is 0 Å². The SMILES string of the molecule is COCc1ccc(C(=O)NC(CN)CC(C)C)cc1. The minimum absolute atomic E-state index is 0.0335. The van der Waals surface area contributed by atoms with Gasteiger partial charge in [0.05, 0.1) is 6.61 Å². The van der Waals surface area contributed by atoms with Gasteiger partial charge in [-0.25, -0.2) is 0 Å². The molecule has 0 heterocycles. The molecule has 1 atom stereocenters. The van der Waals surface area contributed by atoms with Crippen LogP contribution in [0, 0.1) is 5.92 Å². The van der Waals surface area contributed by atoms with E-state index < -0.39 is 0 Å². The molecule has 1 rings (SSSR count). The Balaban J connectivity index is 2.61. The van der Waals surface area contributed by atoms with Crippen LogP contribution in [0.2, 0.25) is 0 Å². The van der Waals surface area contributed by atoms with Gasteiger partial charge in [-0.2, -0.15) is 0 Å². The molecule has 1 unspecified atom stereocenters. The average molecular weight is 264 g/mol. The van der Waals surface area contributed by atoms with Gasteiger partial charge in [-0.1, -0.05) is 26.0 Å². The minimum Gasteiger partial charge on any atom is -0.380 e. The molecular weight excluding hydrogens is 240 g/mol. The smallest absolute Gasteiger partial charge is 0.251 e. The number of rotatable bonds is 7. The molecule has 106 valence electrons. The summed E-state index contributed by atoms with van der Waals surface area (Å²) in [7, 11) is 1.65. The summed E-state index contributed by atoms with van der Waals surface area (Å²) in [5.41, 5.74) is 7.39. The fourth-order valence-corrected chi connectivity index (χ4v) is 1.97. The summed E-state index contributed by atoms with van der Waals surface area (Å²) < 4.78 is 5.04. The van der Waals surface area contributed by atoms with E-state index in [-0.39, 0.29) is 11.9 Å². The maximum absolute atomic E-state index is 12.1. The zero-order chi connectivity index (χ0) is 14.3. The number of nitrogens with one attached hydrogen (secondary N) is 1. The van der Waals surface area contributed by atoms with Crippen molar-refractivity contribution in [1.82, 2.24) is 5.32 Å². The average Bonchev–Trinajstić information content (AvgIpc) is 2.38. The number of benzene rings is 1. The highest BCUT2D eigenvalue weighted by atomic mass is 16.5. The van der Waals surface area contributed by atoms with Crippen molar-refractivity contribution in [2.24, 2.45) is 11.7 Å². The summed E-state index contributed by atoms with van der Waals surface area (Å²) in [6.07, 6.45) is 0.893. The number of hydrogen-bond donors (Lipinski definition) is 2. The van der Waals surface area contributed by atoms with Crippen molar-refractivity contribution in [3.05, 3.63) is 35.4 Å². The number of ether oxygens (including phenoxy) is 1. The van der Waals surface area contributed by atoms with Crippen molar-refractivity contribution in [1.29, 1.82) is 0 Å². The van der Waals surface area contributed by atoms with Gasteiger partial charge in [0, 0.05) is 25.3 Å². The molecule has 0 aliphatic carbocycles. The lowest BCUT2D eigenvalue weighted by Gasteiger charge is -2.18. The van der Waals surface area contributed by atoms with Crippen LogP contribution < -0.4 is 11.1 Å². The molecule has 19 heavy (non-hydrogen) atoms. The third-order valence-electron chi connectivity index (χ3n) is 2.90. The van der Waals surface area contributed by atoms with Crippen molar-refractivity contribution in [3.8, 4) is 0 Å². The Morgan fingerprint density at radius 3 is 2.42 bits per heavy atom. The van der Waals surface area contributed by atoms with Crippen molar-refractivity contribution in [3.63, 3.8) is 0 Å². The van der Waals surface area contributed by atoms with Gasteiger partial charge in [0.15, 0.2) is 0 Å². The van der Waals surface area contributed by atoms with Crippen LogP contribution in [-0.4, -0.2) is 25.6 Å². The van der Waals surface area contributed by atoms with Crippen LogP contribution in [0.1, 0.15) is 36.2 Å². The van der Waals surface area contributed by atoms with E-state index in [1.54, 1.807) is 7.11 Å². The van der Waals surface area contributed by atoms with E-state index >= 15 is 0 Å². The Morgan fingerprint density at radius 2 is 1.95 bits per heavy atom. The van der Waals surface area contributed by atoms with Crippen molar-refractivity contribution in [2.75, 3.05) is 13.7 Å². The van der Waals surface area contributed by atoms with E-state index in [0.29, 0.717) is 24.6 Å². The monoisotopic (exact) mass is 264 g/mol. The van der Waals surface area contributed by atoms with Gasteiger partial charge in [0.1, 0.15) is 0 Å².